The van der Waals surface area contributed by atoms with Crippen molar-refractivity contribution < 1.29 is 0 Å². The van der Waals surface area contributed by atoms with Gasteiger partial charge in [-0.05, 0) is 37.0 Å². The van der Waals surface area contributed by atoms with Crippen molar-refractivity contribution in [1.82, 2.24) is 0 Å². The number of halogens is 1. The topological polar surface area (TPSA) is 29.3 Å². The lowest BCUT2D eigenvalue weighted by molar-refractivity contribution is 0.643. The van der Waals surface area contributed by atoms with Gasteiger partial charge in [0, 0.05) is 29.3 Å². The number of rotatable bonds is 3. The Hall–Kier alpha value is -0.540. The largest absolute Gasteiger partial charge is 0.368 e. The molecule has 0 saturated carbocycles. The zero-order valence-electron chi connectivity index (χ0n) is 9.75. The minimum Gasteiger partial charge on any atom is -0.368 e. The van der Waals surface area contributed by atoms with Crippen LogP contribution in [0.3, 0.4) is 0 Å². The van der Waals surface area contributed by atoms with Crippen LogP contribution in [0.4, 0.5) is 5.69 Å². The number of nitrogens with zero attached hydrogens (tertiary/aromatic N) is 1. The third-order valence-electron chi connectivity index (χ3n) is 3.43. The molecule has 2 nitrogen and oxygen atoms in total. The summed E-state index contributed by atoms with van der Waals surface area (Å²) in [5.41, 5.74) is 8.39. The molecule has 2 N–H and O–H groups in total. The first-order chi connectivity index (χ1) is 7.76. The number of benzene rings is 1. The van der Waals surface area contributed by atoms with Gasteiger partial charge in [-0.15, -0.1) is 0 Å². The van der Waals surface area contributed by atoms with Gasteiger partial charge in [-0.1, -0.05) is 28.9 Å². The predicted molar refractivity (Wildman–Crippen MR) is 72.7 cm³/mol. The van der Waals surface area contributed by atoms with Gasteiger partial charge in [-0.3, -0.25) is 0 Å². The Kier molecular flexibility index (Phi) is 3.87. The average Bonchev–Trinajstić information content (AvgIpc) is 2.76. The van der Waals surface area contributed by atoms with Crippen molar-refractivity contribution in [3.8, 4) is 0 Å². The average molecular weight is 283 g/mol. The maximum Gasteiger partial charge on any atom is 0.0425 e. The van der Waals surface area contributed by atoms with Crippen LogP contribution in [-0.2, 0) is 6.54 Å². The van der Waals surface area contributed by atoms with E-state index in [0.717, 1.165) is 4.47 Å². The van der Waals surface area contributed by atoms with Crippen LogP contribution < -0.4 is 10.6 Å². The lowest BCUT2D eigenvalue weighted by Gasteiger charge is -2.28. The fourth-order valence-electron chi connectivity index (χ4n) is 2.55. The van der Waals surface area contributed by atoms with Crippen LogP contribution in [0.15, 0.2) is 22.7 Å². The van der Waals surface area contributed by atoms with E-state index >= 15 is 0 Å². The second kappa shape index (κ2) is 5.19. The van der Waals surface area contributed by atoms with E-state index in [4.69, 9.17) is 5.73 Å². The van der Waals surface area contributed by atoms with E-state index in [9.17, 15) is 0 Å². The summed E-state index contributed by atoms with van der Waals surface area (Å²) in [6, 6.07) is 7.10. The molecule has 0 amide bonds. The summed E-state index contributed by atoms with van der Waals surface area (Å²) in [5, 5.41) is 0. The van der Waals surface area contributed by atoms with Crippen molar-refractivity contribution in [2.75, 3.05) is 11.4 Å². The first-order valence-electron chi connectivity index (χ1n) is 6.01. The molecule has 1 aromatic carbocycles. The molecule has 88 valence electrons. The summed E-state index contributed by atoms with van der Waals surface area (Å²) in [4.78, 5) is 2.52. The standard InChI is InChI=1S/C13H19BrN2/c1-2-12-4-3-7-16(12)13-8-11(14)6-5-10(13)9-15/h5-6,8,12H,2-4,7,9,15H2,1H3. The third kappa shape index (κ3) is 2.25. The molecule has 0 aromatic heterocycles. The Balaban J connectivity index is 2.34. The maximum atomic E-state index is 5.81. The minimum absolute atomic E-state index is 0.621. The molecule has 3 heteroatoms. The van der Waals surface area contributed by atoms with Gasteiger partial charge in [-0.2, -0.15) is 0 Å². The first-order valence-corrected chi connectivity index (χ1v) is 6.80. The Morgan fingerprint density at radius 3 is 3.00 bits per heavy atom. The molecule has 2 rings (SSSR count). The molecule has 1 aliphatic rings. The quantitative estimate of drug-likeness (QED) is 0.922. The van der Waals surface area contributed by atoms with E-state index in [2.05, 4.69) is 46.0 Å². The Morgan fingerprint density at radius 2 is 2.31 bits per heavy atom. The fraction of sp³-hybridized carbons (Fsp3) is 0.538. The van der Waals surface area contributed by atoms with Crippen LogP contribution >= 0.6 is 15.9 Å². The van der Waals surface area contributed by atoms with Gasteiger partial charge in [0.2, 0.25) is 0 Å². The van der Waals surface area contributed by atoms with Gasteiger partial charge in [-0.25, -0.2) is 0 Å². The zero-order chi connectivity index (χ0) is 11.5. The number of hydrogen-bond donors (Lipinski definition) is 1. The Morgan fingerprint density at radius 1 is 1.50 bits per heavy atom. The summed E-state index contributed by atoms with van der Waals surface area (Å²) >= 11 is 3.55. The molecule has 1 saturated heterocycles. The highest BCUT2D eigenvalue weighted by Gasteiger charge is 2.24. The number of nitrogens with two attached hydrogens (primary N) is 1. The van der Waals surface area contributed by atoms with E-state index in [-0.39, 0.29) is 0 Å². The van der Waals surface area contributed by atoms with Gasteiger partial charge < -0.3 is 10.6 Å². The van der Waals surface area contributed by atoms with Crippen LogP contribution in [0.1, 0.15) is 31.7 Å². The van der Waals surface area contributed by atoms with Crippen molar-refractivity contribution in [1.29, 1.82) is 0 Å². The molecule has 0 radical (unpaired) electrons. The lowest BCUT2D eigenvalue weighted by atomic mass is 10.1. The molecular weight excluding hydrogens is 264 g/mol. The van der Waals surface area contributed by atoms with E-state index in [1.165, 1.54) is 37.1 Å². The Bertz CT molecular complexity index is 365. The molecular formula is C13H19BrN2. The highest BCUT2D eigenvalue weighted by atomic mass is 79.9. The highest BCUT2D eigenvalue weighted by Crippen LogP contribution is 2.32. The number of anilines is 1. The molecule has 1 unspecified atom stereocenters. The second-order valence-corrected chi connectivity index (χ2v) is 5.29. The molecule has 1 aliphatic heterocycles. The minimum atomic E-state index is 0.621. The zero-order valence-corrected chi connectivity index (χ0v) is 11.3. The van der Waals surface area contributed by atoms with Crippen LogP contribution in [0.25, 0.3) is 0 Å². The fourth-order valence-corrected chi connectivity index (χ4v) is 2.90. The van der Waals surface area contributed by atoms with Crippen LogP contribution in [0.2, 0.25) is 0 Å². The smallest absolute Gasteiger partial charge is 0.0425 e. The van der Waals surface area contributed by atoms with Crippen LogP contribution in [0.5, 0.6) is 0 Å². The summed E-state index contributed by atoms with van der Waals surface area (Å²) in [5.74, 6) is 0. The molecule has 0 spiro atoms. The first kappa shape index (κ1) is 11.9. The molecule has 1 fully saturated rings. The molecule has 1 heterocycles. The van der Waals surface area contributed by atoms with E-state index in [0.29, 0.717) is 12.6 Å². The van der Waals surface area contributed by atoms with E-state index < -0.39 is 0 Å². The normalized spacial score (nSPS) is 20.4. The summed E-state index contributed by atoms with van der Waals surface area (Å²) in [6.45, 7) is 4.06. The Labute approximate surface area is 106 Å². The molecule has 1 aromatic rings. The van der Waals surface area contributed by atoms with Gasteiger partial charge in [0.05, 0.1) is 0 Å². The van der Waals surface area contributed by atoms with E-state index in [1.807, 2.05) is 0 Å². The lowest BCUT2D eigenvalue weighted by Crippen LogP contribution is -2.29. The predicted octanol–water partition coefficient (Wildman–Crippen LogP) is 3.29. The second-order valence-electron chi connectivity index (χ2n) is 4.37. The SMILES string of the molecule is CCC1CCCN1c1cc(Br)ccc1CN. The summed E-state index contributed by atoms with van der Waals surface area (Å²) < 4.78 is 1.14. The summed E-state index contributed by atoms with van der Waals surface area (Å²) in [6.07, 6.45) is 3.83. The van der Waals surface area contributed by atoms with Crippen molar-refractivity contribution in [2.24, 2.45) is 5.73 Å². The summed E-state index contributed by atoms with van der Waals surface area (Å²) in [7, 11) is 0. The molecule has 16 heavy (non-hydrogen) atoms. The highest BCUT2D eigenvalue weighted by molar-refractivity contribution is 9.10. The molecule has 0 bridgehead atoms. The van der Waals surface area contributed by atoms with Gasteiger partial charge in [0.15, 0.2) is 0 Å². The maximum absolute atomic E-state index is 5.81. The third-order valence-corrected chi connectivity index (χ3v) is 3.92. The van der Waals surface area contributed by atoms with Crippen molar-refractivity contribution in [3.63, 3.8) is 0 Å². The molecule has 0 aliphatic carbocycles. The van der Waals surface area contributed by atoms with Gasteiger partial charge in [0.25, 0.3) is 0 Å². The van der Waals surface area contributed by atoms with Crippen molar-refractivity contribution in [3.05, 3.63) is 28.2 Å². The van der Waals surface area contributed by atoms with Gasteiger partial charge >= 0.3 is 0 Å². The van der Waals surface area contributed by atoms with Crippen molar-refractivity contribution >= 4 is 21.6 Å². The van der Waals surface area contributed by atoms with Crippen LogP contribution in [0, 0.1) is 0 Å². The monoisotopic (exact) mass is 282 g/mol. The number of hydrogen-bond acceptors (Lipinski definition) is 2. The van der Waals surface area contributed by atoms with Crippen LogP contribution in [-0.4, -0.2) is 12.6 Å². The van der Waals surface area contributed by atoms with E-state index in [1.54, 1.807) is 0 Å². The molecule has 1 atom stereocenters. The van der Waals surface area contributed by atoms with Gasteiger partial charge in [0.1, 0.15) is 0 Å². The van der Waals surface area contributed by atoms with Crippen molar-refractivity contribution in [2.45, 2.75) is 38.8 Å².